The summed E-state index contributed by atoms with van der Waals surface area (Å²) in [4.78, 5) is 22.4. The van der Waals surface area contributed by atoms with E-state index in [1.807, 2.05) is 23.6 Å². The highest BCUT2D eigenvalue weighted by Crippen LogP contribution is 2.43. The predicted octanol–water partition coefficient (Wildman–Crippen LogP) is 7.08. The zero-order valence-corrected chi connectivity index (χ0v) is 24.4. The fourth-order valence-corrected chi connectivity index (χ4v) is 5.85. The van der Waals surface area contributed by atoms with Gasteiger partial charge in [0.2, 0.25) is 11.7 Å². The summed E-state index contributed by atoms with van der Waals surface area (Å²) in [6.45, 7) is 0. The summed E-state index contributed by atoms with van der Waals surface area (Å²) in [6, 6.07) is 16.8. The highest BCUT2D eigenvalue weighted by Gasteiger charge is 2.18. The number of thiazole rings is 2. The van der Waals surface area contributed by atoms with Crippen LogP contribution < -0.4 is 30.6 Å². The number of nitrogens with two attached hydrogens (primary N) is 1. The lowest BCUT2D eigenvalue weighted by atomic mass is 10.1. The van der Waals surface area contributed by atoms with Crippen molar-refractivity contribution in [3.63, 3.8) is 0 Å². The van der Waals surface area contributed by atoms with Gasteiger partial charge in [-0.3, -0.25) is 4.79 Å². The van der Waals surface area contributed by atoms with Gasteiger partial charge in [-0.2, -0.15) is 0 Å². The SMILES string of the molecule is COc1cc(Nc2nc(N)c(-c3nc(-c4cccc(NC(=O)C=Cc5ccc(F)cc5)c4)cs3)s2)cc(OC)c1OC. The molecule has 5 rings (SSSR count). The second-order valence-corrected chi connectivity index (χ2v) is 10.6. The monoisotopic (exact) mass is 603 g/mol. The molecule has 0 spiro atoms. The average Bonchev–Trinajstić information content (AvgIpc) is 3.63. The van der Waals surface area contributed by atoms with Crippen molar-refractivity contribution in [3.05, 3.63) is 83.5 Å². The van der Waals surface area contributed by atoms with Crippen LogP contribution in [-0.2, 0) is 4.79 Å². The van der Waals surface area contributed by atoms with E-state index in [0.29, 0.717) is 39.6 Å². The van der Waals surface area contributed by atoms with Crippen LogP contribution in [0.2, 0.25) is 0 Å². The normalized spacial score (nSPS) is 11.0. The average molecular weight is 604 g/mol. The Labute approximate surface area is 249 Å². The molecule has 0 fully saturated rings. The summed E-state index contributed by atoms with van der Waals surface area (Å²) in [5.74, 6) is 1.23. The number of aromatic nitrogens is 2. The minimum absolute atomic E-state index is 0.306. The Morgan fingerprint density at radius 3 is 2.38 bits per heavy atom. The highest BCUT2D eigenvalue weighted by atomic mass is 32.1. The number of carbonyl (C=O) groups excluding carboxylic acids is 1. The summed E-state index contributed by atoms with van der Waals surface area (Å²) in [5.41, 5.74) is 9.87. The molecule has 9 nitrogen and oxygen atoms in total. The van der Waals surface area contributed by atoms with E-state index in [4.69, 9.17) is 24.9 Å². The van der Waals surface area contributed by atoms with Gasteiger partial charge in [0.25, 0.3) is 0 Å². The number of halogens is 1. The molecular weight excluding hydrogens is 577 g/mol. The van der Waals surface area contributed by atoms with E-state index in [1.54, 1.807) is 57.7 Å². The molecular formula is C30H26FN5O4S2. The number of amides is 1. The van der Waals surface area contributed by atoms with Crippen molar-refractivity contribution in [2.24, 2.45) is 0 Å². The van der Waals surface area contributed by atoms with Crippen LogP contribution in [0.5, 0.6) is 17.2 Å². The van der Waals surface area contributed by atoms with E-state index in [0.717, 1.165) is 26.7 Å². The third-order valence-corrected chi connectivity index (χ3v) is 7.97. The Morgan fingerprint density at radius 1 is 0.952 bits per heavy atom. The second kappa shape index (κ2) is 12.7. The number of nitrogens with one attached hydrogen (secondary N) is 2. The molecule has 4 N–H and O–H groups in total. The zero-order valence-electron chi connectivity index (χ0n) is 22.8. The zero-order chi connectivity index (χ0) is 29.6. The first-order valence-electron chi connectivity index (χ1n) is 12.5. The van der Waals surface area contributed by atoms with Crippen LogP contribution in [0.3, 0.4) is 0 Å². The largest absolute Gasteiger partial charge is 0.493 e. The van der Waals surface area contributed by atoms with Gasteiger partial charge < -0.3 is 30.6 Å². The van der Waals surface area contributed by atoms with Crippen molar-refractivity contribution >= 4 is 57.0 Å². The lowest BCUT2D eigenvalue weighted by molar-refractivity contribution is -0.111. The summed E-state index contributed by atoms with van der Waals surface area (Å²) in [7, 11) is 4.65. The fraction of sp³-hybridized carbons (Fsp3) is 0.100. The van der Waals surface area contributed by atoms with E-state index >= 15 is 0 Å². The van der Waals surface area contributed by atoms with Crippen LogP contribution in [0.1, 0.15) is 5.56 Å². The minimum atomic E-state index is -0.329. The van der Waals surface area contributed by atoms with Gasteiger partial charge in [-0.15, -0.1) is 11.3 Å². The summed E-state index contributed by atoms with van der Waals surface area (Å²) >= 11 is 2.82. The minimum Gasteiger partial charge on any atom is -0.493 e. The van der Waals surface area contributed by atoms with E-state index in [-0.39, 0.29) is 11.7 Å². The molecule has 42 heavy (non-hydrogen) atoms. The Kier molecular flexibility index (Phi) is 8.65. The maximum absolute atomic E-state index is 13.1. The van der Waals surface area contributed by atoms with Crippen LogP contribution in [0, 0.1) is 5.82 Å². The standard InChI is InChI=1S/C30H26FN5O4S2/c1-38-23-14-21(15-24(39-2)26(23)40-3)34-30-36-28(32)27(42-30)29-35-22(16-41-29)18-5-4-6-20(13-18)33-25(37)12-9-17-7-10-19(31)11-8-17/h4-16H,32H2,1-3H3,(H,33,37)(H,34,36). The number of anilines is 4. The molecule has 0 aliphatic carbocycles. The number of hydrogen-bond acceptors (Lipinski definition) is 10. The van der Waals surface area contributed by atoms with Crippen LogP contribution >= 0.6 is 22.7 Å². The van der Waals surface area contributed by atoms with Gasteiger partial charge in [0.15, 0.2) is 16.6 Å². The van der Waals surface area contributed by atoms with Gasteiger partial charge in [0.1, 0.15) is 21.5 Å². The molecule has 2 aromatic heterocycles. The fourth-order valence-electron chi connectivity index (χ4n) is 4.01. The molecule has 0 atom stereocenters. The first kappa shape index (κ1) is 28.6. The van der Waals surface area contributed by atoms with E-state index < -0.39 is 0 Å². The number of benzene rings is 3. The molecule has 5 aromatic rings. The van der Waals surface area contributed by atoms with E-state index in [9.17, 15) is 9.18 Å². The van der Waals surface area contributed by atoms with Crippen LogP contribution in [0.15, 0.2) is 72.1 Å². The lowest BCUT2D eigenvalue weighted by Gasteiger charge is -2.14. The smallest absolute Gasteiger partial charge is 0.248 e. The number of nitrogen functional groups attached to an aromatic ring is 1. The van der Waals surface area contributed by atoms with Crippen LogP contribution in [0.4, 0.5) is 26.7 Å². The van der Waals surface area contributed by atoms with Crippen molar-refractivity contribution in [2.45, 2.75) is 0 Å². The molecule has 0 radical (unpaired) electrons. The molecule has 0 unspecified atom stereocenters. The molecule has 1 amide bonds. The number of ether oxygens (including phenoxy) is 3. The molecule has 0 saturated carbocycles. The molecule has 12 heteroatoms. The molecule has 0 aliphatic heterocycles. The first-order chi connectivity index (χ1) is 20.4. The number of methoxy groups -OCH3 is 3. The molecule has 2 heterocycles. The van der Waals surface area contributed by atoms with Gasteiger partial charge in [0, 0.05) is 40.5 Å². The molecule has 3 aromatic carbocycles. The van der Waals surface area contributed by atoms with Gasteiger partial charge in [-0.25, -0.2) is 14.4 Å². The van der Waals surface area contributed by atoms with Crippen LogP contribution in [-0.4, -0.2) is 37.2 Å². The number of nitrogens with zero attached hydrogens (tertiary/aromatic N) is 2. The highest BCUT2D eigenvalue weighted by molar-refractivity contribution is 7.23. The van der Waals surface area contributed by atoms with Crippen molar-refractivity contribution < 1.29 is 23.4 Å². The Bertz CT molecular complexity index is 1730. The van der Waals surface area contributed by atoms with Crippen molar-refractivity contribution in [3.8, 4) is 38.4 Å². The number of hydrogen-bond donors (Lipinski definition) is 3. The Morgan fingerprint density at radius 2 is 1.69 bits per heavy atom. The summed E-state index contributed by atoms with van der Waals surface area (Å²) in [5, 5.41) is 9.31. The summed E-state index contributed by atoms with van der Waals surface area (Å²) in [6.07, 6.45) is 3.02. The molecule has 0 bridgehead atoms. The van der Waals surface area contributed by atoms with Gasteiger partial charge in [0.05, 0.1) is 27.0 Å². The van der Waals surface area contributed by atoms with Crippen LogP contribution in [0.25, 0.3) is 27.2 Å². The molecule has 0 aliphatic rings. The maximum Gasteiger partial charge on any atom is 0.248 e. The number of rotatable bonds is 10. The third kappa shape index (κ3) is 6.51. The van der Waals surface area contributed by atoms with Gasteiger partial charge >= 0.3 is 0 Å². The Balaban J connectivity index is 1.30. The molecule has 0 saturated heterocycles. The Hall–Kier alpha value is -4.94. The van der Waals surface area contributed by atoms with E-state index in [2.05, 4.69) is 15.6 Å². The predicted molar refractivity (Wildman–Crippen MR) is 167 cm³/mol. The summed E-state index contributed by atoms with van der Waals surface area (Å²) < 4.78 is 29.3. The van der Waals surface area contributed by atoms with Gasteiger partial charge in [-0.05, 0) is 35.9 Å². The lowest BCUT2D eigenvalue weighted by Crippen LogP contribution is -2.07. The topological polar surface area (TPSA) is 121 Å². The van der Waals surface area contributed by atoms with Gasteiger partial charge in [-0.1, -0.05) is 35.6 Å². The van der Waals surface area contributed by atoms with Crippen molar-refractivity contribution in [1.82, 2.24) is 9.97 Å². The number of carbonyl (C=O) groups is 1. The quantitative estimate of drug-likeness (QED) is 0.145. The van der Waals surface area contributed by atoms with Crippen molar-refractivity contribution in [2.75, 3.05) is 37.7 Å². The first-order valence-corrected chi connectivity index (χ1v) is 14.2. The van der Waals surface area contributed by atoms with Crippen molar-refractivity contribution in [1.29, 1.82) is 0 Å². The molecule has 214 valence electrons. The van der Waals surface area contributed by atoms with E-state index in [1.165, 1.54) is 40.9 Å². The second-order valence-electron chi connectivity index (χ2n) is 8.77. The maximum atomic E-state index is 13.1. The third-order valence-electron chi connectivity index (χ3n) is 5.99.